The number of nitrogens with zero attached hydrogens (tertiary/aromatic N) is 1. The lowest BCUT2D eigenvalue weighted by Crippen LogP contribution is -2.40. The Morgan fingerprint density at radius 3 is 2.21 bits per heavy atom. The van der Waals surface area contributed by atoms with Gasteiger partial charge in [-0.15, -0.1) is 0 Å². The summed E-state index contributed by atoms with van der Waals surface area (Å²) in [6, 6.07) is 15.9. The van der Waals surface area contributed by atoms with Gasteiger partial charge >= 0.3 is 0 Å². The zero-order valence-electron chi connectivity index (χ0n) is 16.7. The van der Waals surface area contributed by atoms with E-state index in [1.807, 2.05) is 30.3 Å². The summed E-state index contributed by atoms with van der Waals surface area (Å²) in [6.45, 7) is 8.18. The first-order valence-corrected chi connectivity index (χ1v) is 11.5. The third-order valence-electron chi connectivity index (χ3n) is 5.00. The van der Waals surface area contributed by atoms with Crippen molar-refractivity contribution in [1.29, 1.82) is 0 Å². The molecule has 0 aromatic heterocycles. The maximum Gasteiger partial charge on any atom is 0.240 e. The van der Waals surface area contributed by atoms with Crippen molar-refractivity contribution in [2.75, 3.05) is 26.2 Å². The summed E-state index contributed by atoms with van der Waals surface area (Å²) in [7, 11) is -3.50. The molecule has 0 amide bonds. The number of piperidine rings is 1. The van der Waals surface area contributed by atoms with E-state index >= 15 is 0 Å². The summed E-state index contributed by atoms with van der Waals surface area (Å²) < 4.78 is 33.4. The molecule has 1 fully saturated rings. The maximum atomic E-state index is 12.5. The Morgan fingerprint density at radius 2 is 1.57 bits per heavy atom. The number of sulfonamides is 1. The van der Waals surface area contributed by atoms with Crippen molar-refractivity contribution in [3.8, 4) is 11.5 Å². The van der Waals surface area contributed by atoms with Crippen molar-refractivity contribution in [3.63, 3.8) is 0 Å². The average Bonchev–Trinajstić information content (AvgIpc) is 2.66. The third-order valence-corrected chi connectivity index (χ3v) is 6.48. The van der Waals surface area contributed by atoms with Gasteiger partial charge in [0.2, 0.25) is 10.0 Å². The van der Waals surface area contributed by atoms with Crippen LogP contribution in [0.1, 0.15) is 26.7 Å². The molecule has 1 saturated heterocycles. The third kappa shape index (κ3) is 6.06. The number of ether oxygens (including phenoxy) is 1. The largest absolute Gasteiger partial charge is 0.457 e. The first kappa shape index (κ1) is 20.8. The highest BCUT2D eigenvalue weighted by atomic mass is 32.2. The normalized spacial score (nSPS) is 20.8. The molecule has 5 nitrogen and oxygen atoms in total. The van der Waals surface area contributed by atoms with Gasteiger partial charge < -0.3 is 9.64 Å². The van der Waals surface area contributed by atoms with Crippen LogP contribution in [0.3, 0.4) is 0 Å². The molecule has 3 rings (SSSR count). The van der Waals surface area contributed by atoms with Gasteiger partial charge in [0.25, 0.3) is 0 Å². The maximum absolute atomic E-state index is 12.5. The summed E-state index contributed by atoms with van der Waals surface area (Å²) >= 11 is 0. The second-order valence-electron chi connectivity index (χ2n) is 7.84. The molecule has 1 N–H and O–H groups in total. The highest BCUT2D eigenvalue weighted by Gasteiger charge is 2.21. The quantitative estimate of drug-likeness (QED) is 0.675. The summed E-state index contributed by atoms with van der Waals surface area (Å²) in [6.07, 6.45) is 2.10. The van der Waals surface area contributed by atoms with Gasteiger partial charge in [-0.1, -0.05) is 32.0 Å². The fourth-order valence-corrected chi connectivity index (χ4v) is 4.95. The number of hydrogen-bond donors (Lipinski definition) is 1. The topological polar surface area (TPSA) is 58.6 Å². The lowest BCUT2D eigenvalue weighted by atomic mass is 9.92. The van der Waals surface area contributed by atoms with Crippen LogP contribution in [0.4, 0.5) is 0 Å². The number of nitrogens with one attached hydrogen (secondary N) is 1. The van der Waals surface area contributed by atoms with Crippen molar-refractivity contribution >= 4 is 10.0 Å². The number of rotatable bonds is 8. The highest BCUT2D eigenvalue weighted by molar-refractivity contribution is 7.89. The number of para-hydroxylation sites is 1. The monoisotopic (exact) mass is 402 g/mol. The molecule has 28 heavy (non-hydrogen) atoms. The van der Waals surface area contributed by atoms with Gasteiger partial charge in [-0.25, -0.2) is 13.1 Å². The molecule has 6 heteroatoms. The van der Waals surface area contributed by atoms with E-state index in [1.165, 1.54) is 6.42 Å². The van der Waals surface area contributed by atoms with Gasteiger partial charge in [0, 0.05) is 19.6 Å². The zero-order valence-corrected chi connectivity index (χ0v) is 17.5. The van der Waals surface area contributed by atoms with Crippen molar-refractivity contribution in [2.24, 2.45) is 11.8 Å². The van der Waals surface area contributed by atoms with Crippen LogP contribution in [0.2, 0.25) is 0 Å². The van der Waals surface area contributed by atoms with Crippen LogP contribution < -0.4 is 9.46 Å². The minimum atomic E-state index is -3.50. The molecule has 2 aromatic rings. The van der Waals surface area contributed by atoms with E-state index in [1.54, 1.807) is 24.3 Å². The lowest BCUT2D eigenvalue weighted by molar-refractivity contribution is 0.140. The fraction of sp³-hybridized carbons (Fsp3) is 0.455. The molecule has 2 aromatic carbocycles. The van der Waals surface area contributed by atoms with Crippen molar-refractivity contribution < 1.29 is 13.2 Å². The van der Waals surface area contributed by atoms with E-state index in [-0.39, 0.29) is 4.90 Å². The van der Waals surface area contributed by atoms with E-state index in [2.05, 4.69) is 23.5 Å². The smallest absolute Gasteiger partial charge is 0.240 e. The van der Waals surface area contributed by atoms with Crippen LogP contribution in [-0.2, 0) is 10.0 Å². The van der Waals surface area contributed by atoms with E-state index in [4.69, 9.17) is 4.74 Å². The summed E-state index contributed by atoms with van der Waals surface area (Å²) in [5.41, 5.74) is 0. The van der Waals surface area contributed by atoms with Crippen LogP contribution in [0, 0.1) is 11.8 Å². The highest BCUT2D eigenvalue weighted by Crippen LogP contribution is 2.23. The Morgan fingerprint density at radius 1 is 0.964 bits per heavy atom. The van der Waals surface area contributed by atoms with Gasteiger partial charge in [-0.3, -0.25) is 0 Å². The first-order valence-electron chi connectivity index (χ1n) is 9.97. The van der Waals surface area contributed by atoms with Gasteiger partial charge in [-0.05, 0) is 67.6 Å². The molecular weight excluding hydrogens is 372 g/mol. The predicted molar refractivity (Wildman–Crippen MR) is 112 cm³/mol. The SMILES string of the molecule is C[C@H]1C[C@H](C)CN(CCCNS(=O)(=O)c2ccc(Oc3ccccc3)cc2)C1. The van der Waals surface area contributed by atoms with E-state index in [9.17, 15) is 8.42 Å². The number of hydrogen-bond acceptors (Lipinski definition) is 4. The lowest BCUT2D eigenvalue weighted by Gasteiger charge is -2.34. The van der Waals surface area contributed by atoms with Crippen LogP contribution in [-0.4, -0.2) is 39.5 Å². The summed E-state index contributed by atoms with van der Waals surface area (Å²) in [5, 5.41) is 0. The van der Waals surface area contributed by atoms with Crippen molar-refractivity contribution in [3.05, 3.63) is 54.6 Å². The molecule has 152 valence electrons. The molecule has 0 saturated carbocycles. The minimum Gasteiger partial charge on any atom is -0.457 e. The van der Waals surface area contributed by atoms with Gasteiger partial charge in [0.1, 0.15) is 11.5 Å². The van der Waals surface area contributed by atoms with Crippen LogP contribution in [0.25, 0.3) is 0 Å². The van der Waals surface area contributed by atoms with E-state index in [0.29, 0.717) is 12.3 Å². The van der Waals surface area contributed by atoms with E-state index < -0.39 is 10.0 Å². The average molecular weight is 403 g/mol. The molecule has 0 aliphatic carbocycles. The molecule has 0 spiro atoms. The second kappa shape index (κ2) is 9.54. The Balaban J connectivity index is 1.47. The van der Waals surface area contributed by atoms with E-state index in [0.717, 1.165) is 43.6 Å². The summed E-state index contributed by atoms with van der Waals surface area (Å²) in [4.78, 5) is 2.70. The molecule has 0 unspecified atom stereocenters. The molecule has 1 heterocycles. The molecule has 1 aliphatic heterocycles. The molecule has 0 bridgehead atoms. The zero-order chi connectivity index (χ0) is 20.0. The Kier molecular flexibility index (Phi) is 7.10. The number of benzene rings is 2. The minimum absolute atomic E-state index is 0.258. The molecule has 0 radical (unpaired) electrons. The van der Waals surface area contributed by atoms with Crippen molar-refractivity contribution in [2.45, 2.75) is 31.6 Å². The molecular formula is C22H30N2O3S. The Labute approximate surface area is 168 Å². The molecule has 1 aliphatic rings. The van der Waals surface area contributed by atoms with Crippen LogP contribution >= 0.6 is 0 Å². The molecule has 2 atom stereocenters. The summed E-state index contributed by atoms with van der Waals surface area (Å²) in [5.74, 6) is 2.77. The van der Waals surface area contributed by atoms with Crippen LogP contribution in [0.15, 0.2) is 59.5 Å². The van der Waals surface area contributed by atoms with Crippen molar-refractivity contribution in [1.82, 2.24) is 9.62 Å². The number of likely N-dealkylation sites (tertiary alicyclic amines) is 1. The first-order chi connectivity index (χ1) is 13.4. The predicted octanol–water partition coefficient (Wildman–Crippen LogP) is 4.13. The standard InChI is InChI=1S/C22H30N2O3S/c1-18-15-19(2)17-24(16-18)14-6-13-23-28(25,26)22-11-9-21(10-12-22)27-20-7-4-3-5-8-20/h3-5,7-12,18-19,23H,6,13-17H2,1-2H3/t18-,19-/m0/s1. The van der Waals surface area contributed by atoms with Crippen LogP contribution in [0.5, 0.6) is 11.5 Å². The second-order valence-corrected chi connectivity index (χ2v) is 9.61. The fourth-order valence-electron chi connectivity index (χ4n) is 3.88. The van der Waals surface area contributed by atoms with Gasteiger partial charge in [-0.2, -0.15) is 0 Å². The Hall–Kier alpha value is -1.89. The van der Waals surface area contributed by atoms with Gasteiger partial charge in [0.05, 0.1) is 4.90 Å². The van der Waals surface area contributed by atoms with Gasteiger partial charge in [0.15, 0.2) is 0 Å². The Bertz CT molecular complexity index is 828.